The second-order valence-electron chi connectivity index (χ2n) is 8.81. The van der Waals surface area contributed by atoms with Gasteiger partial charge in [0.1, 0.15) is 5.82 Å². The molecule has 0 amide bonds. The number of benzene rings is 1. The van der Waals surface area contributed by atoms with Crippen molar-refractivity contribution in [2.24, 2.45) is 11.8 Å². The zero-order valence-corrected chi connectivity index (χ0v) is 17.7. The van der Waals surface area contributed by atoms with Gasteiger partial charge >= 0.3 is 0 Å². The monoisotopic (exact) mass is 415 g/mol. The molecule has 0 radical (unpaired) electrons. The van der Waals surface area contributed by atoms with Crippen LogP contribution in [0.2, 0.25) is 0 Å². The Bertz CT molecular complexity index is 1080. The van der Waals surface area contributed by atoms with E-state index >= 15 is 0 Å². The molecular weight excluding hydrogens is 389 g/mol. The third-order valence-electron chi connectivity index (χ3n) is 6.81. The van der Waals surface area contributed by atoms with Crippen LogP contribution in [-0.4, -0.2) is 35.6 Å². The predicted octanol–water partition coefficient (Wildman–Crippen LogP) is 4.34. The highest BCUT2D eigenvalue weighted by molar-refractivity contribution is 5.81. The summed E-state index contributed by atoms with van der Waals surface area (Å²) in [5, 5.41) is 12.9. The summed E-state index contributed by atoms with van der Waals surface area (Å²) in [6, 6.07) is 9.38. The van der Waals surface area contributed by atoms with Gasteiger partial charge in [-0.2, -0.15) is 5.26 Å². The van der Waals surface area contributed by atoms with Crippen LogP contribution in [0.3, 0.4) is 0 Å². The average molecular weight is 416 g/mol. The lowest BCUT2D eigenvalue weighted by atomic mass is 9.85. The quantitative estimate of drug-likeness (QED) is 0.808. The lowest BCUT2D eigenvalue weighted by molar-refractivity contribution is 0.373. The van der Waals surface area contributed by atoms with E-state index in [0.717, 1.165) is 60.0 Å². The Morgan fingerprint density at radius 2 is 2.03 bits per heavy atom. The Morgan fingerprint density at radius 3 is 2.81 bits per heavy atom. The fraction of sp³-hybridized carbons (Fsp3) is 0.400. The summed E-state index contributed by atoms with van der Waals surface area (Å²) in [6.45, 7) is 5.13. The summed E-state index contributed by atoms with van der Waals surface area (Å²) in [5.41, 5.74) is 4.55. The number of nitrogens with zero attached hydrogens (tertiary/aromatic N) is 4. The highest BCUT2D eigenvalue weighted by atomic mass is 19.1. The number of nitriles is 1. The molecule has 0 saturated carbocycles. The molecule has 3 heterocycles. The lowest BCUT2D eigenvalue weighted by Gasteiger charge is -2.35. The van der Waals surface area contributed by atoms with Crippen LogP contribution in [0.25, 0.3) is 16.7 Å². The third-order valence-corrected chi connectivity index (χ3v) is 6.81. The van der Waals surface area contributed by atoms with Crippen LogP contribution >= 0.6 is 0 Å². The average Bonchev–Trinajstić information content (AvgIpc) is 3.27. The molecule has 5 rings (SSSR count). The molecule has 2 aliphatic heterocycles. The van der Waals surface area contributed by atoms with E-state index in [1.54, 1.807) is 12.1 Å². The van der Waals surface area contributed by atoms with Crippen molar-refractivity contribution < 1.29 is 4.39 Å². The van der Waals surface area contributed by atoms with Crippen LogP contribution in [0.4, 0.5) is 10.3 Å². The number of hydrogen-bond acceptors (Lipinski definition) is 5. The predicted molar refractivity (Wildman–Crippen MR) is 120 cm³/mol. The van der Waals surface area contributed by atoms with Gasteiger partial charge in [-0.1, -0.05) is 25.1 Å². The zero-order chi connectivity index (χ0) is 21.4. The van der Waals surface area contributed by atoms with Crippen LogP contribution in [0, 0.1) is 29.0 Å². The smallest absolute Gasteiger partial charge is 0.225 e. The number of aromatic nitrogens is 2. The Balaban J connectivity index is 1.56. The Labute approximate surface area is 182 Å². The zero-order valence-electron chi connectivity index (χ0n) is 17.7. The number of fused-ring (bicyclic) bond motifs is 1. The number of rotatable bonds is 3. The van der Waals surface area contributed by atoms with Gasteiger partial charge in [-0.05, 0) is 67.0 Å². The van der Waals surface area contributed by atoms with Gasteiger partial charge in [-0.25, -0.2) is 14.4 Å². The first-order valence-electron chi connectivity index (χ1n) is 11.0. The van der Waals surface area contributed by atoms with Crippen molar-refractivity contribution >= 4 is 11.5 Å². The van der Waals surface area contributed by atoms with Crippen LogP contribution in [0.15, 0.2) is 48.2 Å². The molecule has 1 N–H and O–H groups in total. The Morgan fingerprint density at radius 1 is 1.19 bits per heavy atom. The molecule has 2 saturated heterocycles. The maximum Gasteiger partial charge on any atom is 0.225 e. The van der Waals surface area contributed by atoms with Gasteiger partial charge in [0, 0.05) is 36.5 Å². The highest BCUT2D eigenvalue weighted by Gasteiger charge is 2.34. The molecule has 1 aromatic heterocycles. The molecule has 1 aliphatic carbocycles. The van der Waals surface area contributed by atoms with Crippen molar-refractivity contribution in [3.63, 3.8) is 0 Å². The minimum absolute atomic E-state index is 0.173. The molecule has 2 aromatic rings. The Hall–Kier alpha value is -3.04. The Kier molecular flexibility index (Phi) is 5.29. The van der Waals surface area contributed by atoms with Gasteiger partial charge in [0.05, 0.1) is 11.8 Å². The maximum absolute atomic E-state index is 13.5. The van der Waals surface area contributed by atoms with E-state index in [1.165, 1.54) is 18.6 Å². The van der Waals surface area contributed by atoms with E-state index in [1.807, 2.05) is 18.3 Å². The first-order chi connectivity index (χ1) is 15.1. The van der Waals surface area contributed by atoms with Crippen molar-refractivity contribution in [2.45, 2.75) is 32.2 Å². The SMILES string of the molecule is CC1CC(C#N)=CC=C1c1nc(N2CCC3NCCC3C2)ncc1-c1ccc(F)cc1. The number of nitrogens with one attached hydrogen (secondary N) is 1. The van der Waals surface area contributed by atoms with E-state index in [2.05, 4.69) is 23.2 Å². The second-order valence-corrected chi connectivity index (χ2v) is 8.81. The number of anilines is 1. The summed E-state index contributed by atoms with van der Waals surface area (Å²) < 4.78 is 13.5. The van der Waals surface area contributed by atoms with Crippen molar-refractivity contribution in [1.29, 1.82) is 5.26 Å². The number of piperidine rings is 1. The minimum atomic E-state index is -0.261. The van der Waals surface area contributed by atoms with E-state index in [4.69, 9.17) is 9.97 Å². The van der Waals surface area contributed by atoms with Crippen LogP contribution in [0.5, 0.6) is 0 Å². The molecule has 31 heavy (non-hydrogen) atoms. The highest BCUT2D eigenvalue weighted by Crippen LogP contribution is 2.37. The van der Waals surface area contributed by atoms with Gasteiger partial charge < -0.3 is 10.2 Å². The molecule has 2 fully saturated rings. The van der Waals surface area contributed by atoms with Gasteiger partial charge in [-0.3, -0.25) is 0 Å². The summed E-state index contributed by atoms with van der Waals surface area (Å²) >= 11 is 0. The van der Waals surface area contributed by atoms with Crippen LogP contribution in [-0.2, 0) is 0 Å². The molecule has 5 nitrogen and oxygen atoms in total. The third kappa shape index (κ3) is 3.86. The van der Waals surface area contributed by atoms with E-state index in [9.17, 15) is 9.65 Å². The van der Waals surface area contributed by atoms with Crippen LogP contribution < -0.4 is 10.2 Å². The van der Waals surface area contributed by atoms with Crippen molar-refractivity contribution in [3.8, 4) is 17.2 Å². The largest absolute Gasteiger partial charge is 0.340 e. The van der Waals surface area contributed by atoms with Gasteiger partial charge in [0.25, 0.3) is 0 Å². The minimum Gasteiger partial charge on any atom is -0.340 e. The molecule has 0 bridgehead atoms. The van der Waals surface area contributed by atoms with Crippen molar-refractivity contribution in [3.05, 3.63) is 59.7 Å². The normalized spacial score (nSPS) is 25.5. The van der Waals surface area contributed by atoms with E-state index in [0.29, 0.717) is 18.4 Å². The second kappa shape index (κ2) is 8.24. The number of allylic oxidation sites excluding steroid dienone is 4. The van der Waals surface area contributed by atoms with Crippen molar-refractivity contribution in [2.75, 3.05) is 24.5 Å². The molecule has 3 unspecified atom stereocenters. The first-order valence-corrected chi connectivity index (χ1v) is 11.0. The van der Waals surface area contributed by atoms with Crippen molar-refractivity contribution in [1.82, 2.24) is 15.3 Å². The standard InChI is InChI=1S/C25H26FN5/c1-16-12-17(13-27)2-7-21(16)24-22(18-3-5-20(26)6-4-18)14-29-25(30-24)31-11-9-23-19(15-31)8-10-28-23/h2-7,14,16,19,23,28H,8-12,15H2,1H3. The fourth-order valence-electron chi connectivity index (χ4n) is 5.07. The van der Waals surface area contributed by atoms with Crippen LogP contribution in [0.1, 0.15) is 31.9 Å². The molecular formula is C25H26FN5. The summed E-state index contributed by atoms with van der Waals surface area (Å²) in [5.74, 6) is 1.31. The molecule has 3 atom stereocenters. The number of hydrogen-bond donors (Lipinski definition) is 1. The summed E-state index contributed by atoms with van der Waals surface area (Å²) in [4.78, 5) is 12.1. The molecule has 3 aliphatic rings. The lowest BCUT2D eigenvalue weighted by Crippen LogP contribution is -2.45. The molecule has 1 aromatic carbocycles. The summed E-state index contributed by atoms with van der Waals surface area (Å²) in [6.07, 6.45) is 8.78. The van der Waals surface area contributed by atoms with Gasteiger partial charge in [0.2, 0.25) is 5.95 Å². The number of halogens is 1. The fourth-order valence-corrected chi connectivity index (χ4v) is 5.07. The van der Waals surface area contributed by atoms with E-state index in [-0.39, 0.29) is 11.7 Å². The topological polar surface area (TPSA) is 64.8 Å². The first kappa shape index (κ1) is 19.9. The summed E-state index contributed by atoms with van der Waals surface area (Å²) in [7, 11) is 0. The molecule has 158 valence electrons. The maximum atomic E-state index is 13.5. The van der Waals surface area contributed by atoms with Gasteiger partial charge in [0.15, 0.2) is 0 Å². The van der Waals surface area contributed by atoms with E-state index < -0.39 is 0 Å². The molecule has 0 spiro atoms. The molecule has 6 heteroatoms. The van der Waals surface area contributed by atoms with Gasteiger partial charge in [-0.15, -0.1) is 0 Å².